The average Bonchev–Trinajstić information content (AvgIpc) is 3.62. The summed E-state index contributed by atoms with van der Waals surface area (Å²) in [6.45, 7) is 1.58. The molecule has 3 aromatic heterocycles. The molecule has 2 aromatic carbocycles. The first-order valence-corrected chi connectivity index (χ1v) is 11.6. The Labute approximate surface area is 203 Å². The highest BCUT2D eigenvalue weighted by molar-refractivity contribution is 5.91. The molecule has 0 atom stereocenters. The molecular weight excluding hydrogens is 440 g/mol. The van der Waals surface area contributed by atoms with Crippen molar-refractivity contribution in [1.82, 2.24) is 15.3 Å². The number of hydrogen-bond donors (Lipinski definition) is 1. The maximum atomic E-state index is 12.6. The minimum absolute atomic E-state index is 0.0456. The zero-order valence-corrected chi connectivity index (χ0v) is 19.3. The van der Waals surface area contributed by atoms with Gasteiger partial charge in [-0.1, -0.05) is 42.5 Å². The zero-order chi connectivity index (χ0) is 23.9. The van der Waals surface area contributed by atoms with Crippen molar-refractivity contribution in [1.29, 1.82) is 0 Å². The number of rotatable bonds is 10. The second-order valence-electron chi connectivity index (χ2n) is 8.19. The Balaban J connectivity index is 1.41. The fourth-order valence-electron chi connectivity index (χ4n) is 3.97. The van der Waals surface area contributed by atoms with Gasteiger partial charge in [0, 0.05) is 24.9 Å². The van der Waals surface area contributed by atoms with Gasteiger partial charge in [0.05, 0.1) is 24.6 Å². The van der Waals surface area contributed by atoms with Crippen LogP contribution < -0.4 is 10.2 Å². The molecule has 35 heavy (non-hydrogen) atoms. The van der Waals surface area contributed by atoms with Gasteiger partial charge in [-0.2, -0.15) is 0 Å². The van der Waals surface area contributed by atoms with Crippen LogP contribution in [0.4, 0.5) is 5.82 Å². The molecule has 0 aliphatic carbocycles. The van der Waals surface area contributed by atoms with Gasteiger partial charge >= 0.3 is 0 Å². The SMILES string of the molecule is O=C(CCN(CCc1ccccc1)c1nc(-c2ccco2)nc2ccccc12)NCc1ccco1. The number of nitrogens with zero attached hydrogens (tertiary/aromatic N) is 3. The summed E-state index contributed by atoms with van der Waals surface area (Å²) in [5.41, 5.74) is 2.06. The van der Waals surface area contributed by atoms with Gasteiger partial charge in [-0.3, -0.25) is 4.79 Å². The molecule has 0 aliphatic rings. The number of benzene rings is 2. The van der Waals surface area contributed by atoms with Crippen LogP contribution in [0.15, 0.2) is 100 Å². The van der Waals surface area contributed by atoms with Crippen molar-refractivity contribution in [2.75, 3.05) is 18.0 Å². The molecule has 5 aromatic rings. The third-order valence-electron chi connectivity index (χ3n) is 5.79. The predicted molar refractivity (Wildman–Crippen MR) is 135 cm³/mol. The Kier molecular flexibility index (Phi) is 6.84. The standard InChI is InChI=1S/C28H26N4O3/c33-26(29-20-22-10-6-18-34-22)15-17-32(16-14-21-8-2-1-3-9-21)28-23-11-4-5-12-24(23)30-27(31-28)25-13-7-19-35-25/h1-13,18-19H,14-17,20H2,(H,29,33). The number of hydrogen-bond acceptors (Lipinski definition) is 6. The van der Waals surface area contributed by atoms with Crippen molar-refractivity contribution < 1.29 is 13.6 Å². The van der Waals surface area contributed by atoms with E-state index in [1.165, 1.54) is 5.56 Å². The van der Waals surface area contributed by atoms with E-state index >= 15 is 0 Å². The molecule has 0 unspecified atom stereocenters. The average molecular weight is 467 g/mol. The molecule has 176 valence electrons. The fourth-order valence-corrected chi connectivity index (χ4v) is 3.97. The second kappa shape index (κ2) is 10.7. The summed E-state index contributed by atoms with van der Waals surface area (Å²) in [6, 6.07) is 25.6. The van der Waals surface area contributed by atoms with Crippen LogP contribution in [-0.2, 0) is 17.8 Å². The van der Waals surface area contributed by atoms with Crippen LogP contribution in [0.3, 0.4) is 0 Å². The van der Waals surface area contributed by atoms with E-state index in [1.54, 1.807) is 12.5 Å². The smallest absolute Gasteiger partial charge is 0.222 e. The maximum absolute atomic E-state index is 12.6. The van der Waals surface area contributed by atoms with E-state index in [-0.39, 0.29) is 5.91 Å². The number of carbonyl (C=O) groups excluding carboxylic acids is 1. The quantitative estimate of drug-likeness (QED) is 0.303. The molecule has 0 fully saturated rings. The van der Waals surface area contributed by atoms with Crippen molar-refractivity contribution in [3.8, 4) is 11.6 Å². The summed E-state index contributed by atoms with van der Waals surface area (Å²) in [5.74, 6) is 2.60. The molecule has 0 saturated heterocycles. The molecule has 7 heteroatoms. The molecular formula is C28H26N4O3. The Bertz CT molecular complexity index is 1370. The lowest BCUT2D eigenvalue weighted by Crippen LogP contribution is -2.33. The molecule has 1 amide bonds. The topological polar surface area (TPSA) is 84.4 Å². The van der Waals surface area contributed by atoms with Crippen molar-refractivity contribution in [3.63, 3.8) is 0 Å². The van der Waals surface area contributed by atoms with E-state index in [0.717, 1.165) is 28.9 Å². The normalized spacial score (nSPS) is 11.0. The number of furan rings is 2. The van der Waals surface area contributed by atoms with Crippen LogP contribution >= 0.6 is 0 Å². The molecule has 0 spiro atoms. The number of anilines is 1. The highest BCUT2D eigenvalue weighted by Crippen LogP contribution is 2.28. The summed E-state index contributed by atoms with van der Waals surface area (Å²) < 4.78 is 10.9. The summed E-state index contributed by atoms with van der Waals surface area (Å²) in [5, 5.41) is 3.87. The molecule has 0 aliphatic heterocycles. The van der Waals surface area contributed by atoms with E-state index in [1.807, 2.05) is 66.7 Å². The van der Waals surface area contributed by atoms with Gasteiger partial charge in [-0.15, -0.1) is 0 Å². The van der Waals surface area contributed by atoms with E-state index in [4.69, 9.17) is 18.8 Å². The van der Waals surface area contributed by atoms with E-state index in [0.29, 0.717) is 37.6 Å². The van der Waals surface area contributed by atoms with Gasteiger partial charge < -0.3 is 19.1 Å². The highest BCUT2D eigenvalue weighted by atomic mass is 16.3. The number of para-hydroxylation sites is 1. The first-order chi connectivity index (χ1) is 17.3. The van der Waals surface area contributed by atoms with Crippen LogP contribution in [0.25, 0.3) is 22.5 Å². The van der Waals surface area contributed by atoms with Crippen LogP contribution in [0, 0.1) is 0 Å². The van der Waals surface area contributed by atoms with Crippen molar-refractivity contribution >= 4 is 22.6 Å². The predicted octanol–water partition coefficient (Wildman–Crippen LogP) is 5.24. The Hall–Kier alpha value is -4.39. The highest BCUT2D eigenvalue weighted by Gasteiger charge is 2.18. The van der Waals surface area contributed by atoms with Crippen LogP contribution in [0.5, 0.6) is 0 Å². The van der Waals surface area contributed by atoms with Crippen molar-refractivity contribution in [3.05, 3.63) is 103 Å². The lowest BCUT2D eigenvalue weighted by atomic mass is 10.1. The molecule has 0 radical (unpaired) electrons. The minimum atomic E-state index is -0.0456. The maximum Gasteiger partial charge on any atom is 0.222 e. The molecule has 0 bridgehead atoms. The Morgan fingerprint density at radius 2 is 1.63 bits per heavy atom. The van der Waals surface area contributed by atoms with Gasteiger partial charge in [-0.25, -0.2) is 9.97 Å². The van der Waals surface area contributed by atoms with Crippen LogP contribution in [-0.4, -0.2) is 29.0 Å². The third-order valence-corrected chi connectivity index (χ3v) is 5.79. The molecule has 5 rings (SSSR count). The van der Waals surface area contributed by atoms with E-state index < -0.39 is 0 Å². The molecule has 3 heterocycles. The largest absolute Gasteiger partial charge is 0.467 e. The van der Waals surface area contributed by atoms with Gasteiger partial charge in [-0.05, 0) is 48.4 Å². The molecule has 7 nitrogen and oxygen atoms in total. The molecule has 0 saturated carbocycles. The summed E-state index contributed by atoms with van der Waals surface area (Å²) in [4.78, 5) is 24.4. The van der Waals surface area contributed by atoms with Crippen molar-refractivity contribution in [2.24, 2.45) is 0 Å². The first-order valence-electron chi connectivity index (χ1n) is 11.6. The first kappa shape index (κ1) is 22.4. The Morgan fingerprint density at radius 1 is 0.829 bits per heavy atom. The lowest BCUT2D eigenvalue weighted by molar-refractivity contribution is -0.121. The van der Waals surface area contributed by atoms with Crippen molar-refractivity contribution in [2.45, 2.75) is 19.4 Å². The molecule has 1 N–H and O–H groups in total. The number of fused-ring (bicyclic) bond motifs is 1. The minimum Gasteiger partial charge on any atom is -0.467 e. The van der Waals surface area contributed by atoms with E-state index in [9.17, 15) is 4.79 Å². The number of aromatic nitrogens is 2. The summed E-state index contributed by atoms with van der Waals surface area (Å²) in [7, 11) is 0. The summed E-state index contributed by atoms with van der Waals surface area (Å²) >= 11 is 0. The zero-order valence-electron chi connectivity index (χ0n) is 19.3. The number of nitrogens with one attached hydrogen (secondary N) is 1. The van der Waals surface area contributed by atoms with Gasteiger partial charge in [0.25, 0.3) is 0 Å². The lowest BCUT2D eigenvalue weighted by Gasteiger charge is -2.25. The second-order valence-corrected chi connectivity index (χ2v) is 8.19. The van der Waals surface area contributed by atoms with E-state index in [2.05, 4.69) is 22.3 Å². The van der Waals surface area contributed by atoms with Crippen LogP contribution in [0.1, 0.15) is 17.7 Å². The third kappa shape index (κ3) is 5.58. The van der Waals surface area contributed by atoms with Crippen LogP contribution in [0.2, 0.25) is 0 Å². The fraction of sp³-hybridized carbons (Fsp3) is 0.179. The summed E-state index contributed by atoms with van der Waals surface area (Å²) in [6.07, 6.45) is 4.36. The van der Waals surface area contributed by atoms with Gasteiger partial charge in [0.15, 0.2) is 11.6 Å². The number of amides is 1. The van der Waals surface area contributed by atoms with Gasteiger partial charge in [0.2, 0.25) is 5.91 Å². The monoisotopic (exact) mass is 466 g/mol. The number of carbonyl (C=O) groups is 1. The Morgan fingerprint density at radius 3 is 2.43 bits per heavy atom. The van der Waals surface area contributed by atoms with Gasteiger partial charge in [0.1, 0.15) is 11.6 Å².